The molecule has 0 radical (unpaired) electrons. The number of halogens is 1. The van der Waals surface area contributed by atoms with Crippen LogP contribution in [0.2, 0.25) is 0 Å². The van der Waals surface area contributed by atoms with Crippen LogP contribution >= 0.6 is 0 Å². The van der Waals surface area contributed by atoms with E-state index in [1.54, 1.807) is 13.0 Å². The van der Waals surface area contributed by atoms with E-state index in [1.165, 1.54) is 12.1 Å². The SMILES string of the molecule is CCCC(C)(O)CNCc1ccc(O)c(F)c1. The molecule has 0 aromatic heterocycles. The van der Waals surface area contributed by atoms with Gasteiger partial charge in [-0.15, -0.1) is 0 Å². The van der Waals surface area contributed by atoms with Gasteiger partial charge in [-0.05, 0) is 31.0 Å². The van der Waals surface area contributed by atoms with E-state index < -0.39 is 11.4 Å². The lowest BCUT2D eigenvalue weighted by Crippen LogP contribution is -2.37. The first-order valence-corrected chi connectivity index (χ1v) is 5.85. The third-order valence-corrected chi connectivity index (χ3v) is 2.64. The number of hydrogen-bond donors (Lipinski definition) is 3. The fourth-order valence-corrected chi connectivity index (χ4v) is 1.76. The van der Waals surface area contributed by atoms with Crippen LogP contribution in [0.3, 0.4) is 0 Å². The van der Waals surface area contributed by atoms with E-state index in [0.717, 1.165) is 18.4 Å². The van der Waals surface area contributed by atoms with Gasteiger partial charge < -0.3 is 15.5 Å². The fourth-order valence-electron chi connectivity index (χ4n) is 1.76. The highest BCUT2D eigenvalue weighted by Gasteiger charge is 2.17. The fraction of sp³-hybridized carbons (Fsp3) is 0.538. The molecule has 0 saturated carbocycles. The number of benzene rings is 1. The van der Waals surface area contributed by atoms with Crippen LogP contribution in [-0.2, 0) is 6.54 Å². The van der Waals surface area contributed by atoms with Crippen LogP contribution < -0.4 is 5.32 Å². The van der Waals surface area contributed by atoms with Crippen molar-refractivity contribution in [1.82, 2.24) is 5.32 Å². The van der Waals surface area contributed by atoms with E-state index in [4.69, 9.17) is 5.11 Å². The summed E-state index contributed by atoms with van der Waals surface area (Å²) in [5.74, 6) is -0.962. The molecular weight excluding hydrogens is 221 g/mol. The van der Waals surface area contributed by atoms with Crippen LogP contribution in [0.25, 0.3) is 0 Å². The van der Waals surface area contributed by atoms with Gasteiger partial charge in [-0.1, -0.05) is 19.4 Å². The Morgan fingerprint density at radius 2 is 2.12 bits per heavy atom. The van der Waals surface area contributed by atoms with Crippen molar-refractivity contribution < 1.29 is 14.6 Å². The molecule has 1 aromatic rings. The van der Waals surface area contributed by atoms with Gasteiger partial charge in [0.15, 0.2) is 11.6 Å². The molecule has 0 fully saturated rings. The van der Waals surface area contributed by atoms with Crippen molar-refractivity contribution in [2.45, 2.75) is 38.8 Å². The largest absolute Gasteiger partial charge is 0.505 e. The predicted octanol–water partition coefficient (Wildman–Crippen LogP) is 2.17. The van der Waals surface area contributed by atoms with Gasteiger partial charge in [0.05, 0.1) is 5.60 Å². The normalized spacial score (nSPS) is 14.6. The number of aliphatic hydroxyl groups is 1. The molecule has 96 valence electrons. The average molecular weight is 241 g/mol. The van der Waals surface area contributed by atoms with Crippen molar-refractivity contribution in [2.75, 3.05) is 6.54 Å². The van der Waals surface area contributed by atoms with E-state index in [0.29, 0.717) is 13.1 Å². The molecular formula is C13H20FNO2. The topological polar surface area (TPSA) is 52.5 Å². The summed E-state index contributed by atoms with van der Waals surface area (Å²) in [6.07, 6.45) is 1.65. The predicted molar refractivity (Wildman–Crippen MR) is 65.3 cm³/mol. The standard InChI is InChI=1S/C13H20FNO2/c1-3-6-13(2,17)9-15-8-10-4-5-12(16)11(14)7-10/h4-5,7,15-17H,3,6,8-9H2,1-2H3. The molecule has 0 bridgehead atoms. The minimum atomic E-state index is -0.732. The quantitative estimate of drug-likeness (QED) is 0.715. The number of hydrogen-bond acceptors (Lipinski definition) is 3. The highest BCUT2D eigenvalue weighted by atomic mass is 19.1. The third kappa shape index (κ3) is 4.71. The van der Waals surface area contributed by atoms with Crippen molar-refractivity contribution in [3.05, 3.63) is 29.6 Å². The Bertz CT molecular complexity index is 366. The minimum absolute atomic E-state index is 0.341. The Kier molecular flexibility index (Phi) is 4.90. The van der Waals surface area contributed by atoms with Gasteiger partial charge in [0.25, 0.3) is 0 Å². The molecule has 0 aliphatic carbocycles. The van der Waals surface area contributed by atoms with Crippen LogP contribution in [-0.4, -0.2) is 22.4 Å². The maximum atomic E-state index is 13.0. The van der Waals surface area contributed by atoms with Gasteiger partial charge in [-0.3, -0.25) is 0 Å². The zero-order chi connectivity index (χ0) is 12.9. The van der Waals surface area contributed by atoms with Gasteiger partial charge in [0.2, 0.25) is 0 Å². The molecule has 0 aliphatic rings. The summed E-state index contributed by atoms with van der Waals surface area (Å²) >= 11 is 0. The Labute approximate surface area is 101 Å². The molecule has 1 atom stereocenters. The Morgan fingerprint density at radius 3 is 2.71 bits per heavy atom. The maximum Gasteiger partial charge on any atom is 0.165 e. The van der Waals surface area contributed by atoms with Crippen LogP contribution in [0, 0.1) is 5.82 Å². The molecule has 17 heavy (non-hydrogen) atoms. The molecule has 0 spiro atoms. The van der Waals surface area contributed by atoms with E-state index >= 15 is 0 Å². The van der Waals surface area contributed by atoms with Crippen molar-refractivity contribution in [3.8, 4) is 5.75 Å². The zero-order valence-electron chi connectivity index (χ0n) is 10.3. The summed E-state index contributed by atoms with van der Waals surface area (Å²) in [6.45, 7) is 4.73. The Morgan fingerprint density at radius 1 is 1.41 bits per heavy atom. The van der Waals surface area contributed by atoms with Crippen molar-refractivity contribution in [3.63, 3.8) is 0 Å². The number of aromatic hydroxyl groups is 1. The second kappa shape index (κ2) is 5.98. The number of rotatable bonds is 6. The van der Waals surface area contributed by atoms with Gasteiger partial charge in [-0.2, -0.15) is 0 Å². The molecule has 1 aromatic carbocycles. The van der Waals surface area contributed by atoms with Gasteiger partial charge in [0.1, 0.15) is 0 Å². The lowest BCUT2D eigenvalue weighted by Gasteiger charge is -2.23. The zero-order valence-corrected chi connectivity index (χ0v) is 10.3. The molecule has 0 aliphatic heterocycles. The van der Waals surface area contributed by atoms with Crippen molar-refractivity contribution >= 4 is 0 Å². The maximum absolute atomic E-state index is 13.0. The number of phenols is 1. The Balaban J connectivity index is 2.43. The summed E-state index contributed by atoms with van der Waals surface area (Å²) in [7, 11) is 0. The molecule has 1 unspecified atom stereocenters. The molecule has 4 heteroatoms. The van der Waals surface area contributed by atoms with E-state index in [2.05, 4.69) is 5.32 Å². The second-order valence-corrected chi connectivity index (χ2v) is 4.64. The third-order valence-electron chi connectivity index (χ3n) is 2.64. The number of phenolic OH excluding ortho intramolecular Hbond substituents is 1. The molecule has 0 saturated heterocycles. The summed E-state index contributed by atoms with van der Waals surface area (Å²) in [5, 5.41) is 22.0. The van der Waals surface area contributed by atoms with Crippen LogP contribution in [0.4, 0.5) is 4.39 Å². The lowest BCUT2D eigenvalue weighted by molar-refractivity contribution is 0.0498. The first-order valence-electron chi connectivity index (χ1n) is 5.85. The Hall–Kier alpha value is -1.13. The average Bonchev–Trinajstić information content (AvgIpc) is 2.23. The van der Waals surface area contributed by atoms with Crippen LogP contribution in [0.1, 0.15) is 32.3 Å². The smallest absolute Gasteiger partial charge is 0.165 e. The minimum Gasteiger partial charge on any atom is -0.505 e. The summed E-state index contributed by atoms with van der Waals surface area (Å²) in [4.78, 5) is 0. The second-order valence-electron chi connectivity index (χ2n) is 4.64. The number of nitrogens with one attached hydrogen (secondary N) is 1. The van der Waals surface area contributed by atoms with Gasteiger partial charge in [-0.25, -0.2) is 4.39 Å². The van der Waals surface area contributed by atoms with Crippen LogP contribution in [0.5, 0.6) is 5.75 Å². The summed E-state index contributed by atoms with van der Waals surface area (Å²) in [6, 6.07) is 4.27. The summed E-state index contributed by atoms with van der Waals surface area (Å²) < 4.78 is 13.0. The van der Waals surface area contributed by atoms with Crippen molar-refractivity contribution in [1.29, 1.82) is 0 Å². The van der Waals surface area contributed by atoms with E-state index in [9.17, 15) is 9.50 Å². The van der Waals surface area contributed by atoms with Crippen molar-refractivity contribution in [2.24, 2.45) is 0 Å². The monoisotopic (exact) mass is 241 g/mol. The molecule has 3 nitrogen and oxygen atoms in total. The molecule has 1 rings (SSSR count). The molecule has 3 N–H and O–H groups in total. The van der Waals surface area contributed by atoms with E-state index in [-0.39, 0.29) is 5.75 Å². The summed E-state index contributed by atoms with van der Waals surface area (Å²) in [5.41, 5.74) is 0.0112. The van der Waals surface area contributed by atoms with Crippen LogP contribution in [0.15, 0.2) is 18.2 Å². The first kappa shape index (κ1) is 13.9. The molecule has 0 heterocycles. The highest BCUT2D eigenvalue weighted by molar-refractivity contribution is 5.27. The lowest BCUT2D eigenvalue weighted by atomic mass is 10.0. The highest BCUT2D eigenvalue weighted by Crippen LogP contribution is 2.16. The van der Waals surface area contributed by atoms with E-state index in [1.807, 2.05) is 6.92 Å². The van der Waals surface area contributed by atoms with Gasteiger partial charge in [0, 0.05) is 13.1 Å². The van der Waals surface area contributed by atoms with Gasteiger partial charge >= 0.3 is 0 Å². The first-order chi connectivity index (χ1) is 7.94. The molecule has 0 amide bonds.